The summed E-state index contributed by atoms with van der Waals surface area (Å²) in [5.74, 6) is 0.540. The van der Waals surface area contributed by atoms with Crippen molar-refractivity contribution in [3.63, 3.8) is 0 Å². The number of halogens is 1. The van der Waals surface area contributed by atoms with Crippen LogP contribution in [0.1, 0.15) is 23.7 Å². The Hall–Kier alpha value is -1.92. The molecule has 0 aromatic heterocycles. The van der Waals surface area contributed by atoms with Crippen LogP contribution in [-0.2, 0) is 0 Å². The van der Waals surface area contributed by atoms with E-state index in [2.05, 4.69) is 33.5 Å². The van der Waals surface area contributed by atoms with E-state index in [1.165, 1.54) is 0 Å². The van der Waals surface area contributed by atoms with Gasteiger partial charge in [0, 0.05) is 10.2 Å². The zero-order valence-electron chi connectivity index (χ0n) is 12.6. The van der Waals surface area contributed by atoms with Gasteiger partial charge in [-0.1, -0.05) is 19.1 Å². The van der Waals surface area contributed by atoms with Crippen molar-refractivity contribution in [2.45, 2.75) is 13.3 Å². The Morgan fingerprint density at radius 1 is 1.17 bits per heavy atom. The summed E-state index contributed by atoms with van der Waals surface area (Å²) in [5.41, 5.74) is 1.31. The molecule has 2 N–H and O–H groups in total. The Bertz CT molecular complexity index is 689. The second kappa shape index (κ2) is 8.64. The summed E-state index contributed by atoms with van der Waals surface area (Å²) in [6.07, 6.45) is 0.963. The maximum atomic E-state index is 12.1. The molecule has 6 heteroatoms. The maximum Gasteiger partial charge on any atom is 0.258 e. The molecule has 0 aliphatic rings. The molecule has 23 heavy (non-hydrogen) atoms. The largest absolute Gasteiger partial charge is 0.494 e. The van der Waals surface area contributed by atoms with Crippen molar-refractivity contribution in [2.24, 2.45) is 0 Å². The summed E-state index contributed by atoms with van der Waals surface area (Å²) in [6.45, 7) is 2.75. The standard InChI is InChI=1S/C17H17BrN2O2S/c1-2-11-22-13-9-7-12(8-10-13)19-17(23)20-16(21)14-5-3-4-6-15(14)18/h3-10H,2,11H2,1H3,(H2,19,20,21,23). The molecule has 120 valence electrons. The predicted molar refractivity (Wildman–Crippen MR) is 100 cm³/mol. The first-order valence-electron chi connectivity index (χ1n) is 7.20. The van der Waals surface area contributed by atoms with Crippen molar-refractivity contribution >= 4 is 44.9 Å². The number of amides is 1. The van der Waals surface area contributed by atoms with Gasteiger partial charge in [0.2, 0.25) is 0 Å². The minimum absolute atomic E-state index is 0.243. The Kier molecular flexibility index (Phi) is 6.55. The van der Waals surface area contributed by atoms with Gasteiger partial charge in [-0.3, -0.25) is 10.1 Å². The highest BCUT2D eigenvalue weighted by atomic mass is 79.9. The molecule has 0 aliphatic carbocycles. The summed E-state index contributed by atoms with van der Waals surface area (Å²) in [5, 5.41) is 5.87. The molecule has 0 saturated carbocycles. The van der Waals surface area contributed by atoms with Crippen molar-refractivity contribution in [3.05, 3.63) is 58.6 Å². The number of anilines is 1. The average molecular weight is 393 g/mol. The van der Waals surface area contributed by atoms with E-state index < -0.39 is 0 Å². The minimum atomic E-state index is -0.266. The first-order chi connectivity index (χ1) is 11.1. The first-order valence-corrected chi connectivity index (χ1v) is 8.40. The van der Waals surface area contributed by atoms with Crippen molar-refractivity contribution in [3.8, 4) is 5.75 Å². The van der Waals surface area contributed by atoms with E-state index in [0.717, 1.165) is 22.3 Å². The lowest BCUT2D eigenvalue weighted by molar-refractivity contribution is 0.0977. The zero-order chi connectivity index (χ0) is 16.7. The molecule has 2 aromatic carbocycles. The molecule has 0 unspecified atom stereocenters. The van der Waals surface area contributed by atoms with E-state index in [-0.39, 0.29) is 11.0 Å². The molecular weight excluding hydrogens is 376 g/mol. The number of rotatable bonds is 5. The lowest BCUT2D eigenvalue weighted by atomic mass is 10.2. The van der Waals surface area contributed by atoms with Crippen LogP contribution in [0.15, 0.2) is 53.0 Å². The van der Waals surface area contributed by atoms with E-state index in [1.807, 2.05) is 30.3 Å². The number of hydrogen-bond acceptors (Lipinski definition) is 3. The lowest BCUT2D eigenvalue weighted by Gasteiger charge is -2.11. The van der Waals surface area contributed by atoms with Crippen LogP contribution in [0.5, 0.6) is 5.75 Å². The highest BCUT2D eigenvalue weighted by molar-refractivity contribution is 9.10. The number of ether oxygens (including phenoxy) is 1. The molecule has 0 heterocycles. The summed E-state index contributed by atoms with van der Waals surface area (Å²) < 4.78 is 6.24. The second-order valence-electron chi connectivity index (χ2n) is 4.76. The average Bonchev–Trinajstić information content (AvgIpc) is 2.54. The van der Waals surface area contributed by atoms with Gasteiger partial charge < -0.3 is 10.1 Å². The van der Waals surface area contributed by atoms with Gasteiger partial charge in [-0.2, -0.15) is 0 Å². The SMILES string of the molecule is CCCOc1ccc(NC(=S)NC(=O)c2ccccc2Br)cc1. The van der Waals surface area contributed by atoms with Gasteiger partial charge in [0.05, 0.1) is 12.2 Å². The van der Waals surface area contributed by atoms with Crippen LogP contribution >= 0.6 is 28.1 Å². The van der Waals surface area contributed by atoms with Crippen LogP contribution in [0.3, 0.4) is 0 Å². The molecule has 2 aromatic rings. The van der Waals surface area contributed by atoms with Crippen molar-refractivity contribution in [2.75, 3.05) is 11.9 Å². The zero-order valence-corrected chi connectivity index (χ0v) is 15.0. The maximum absolute atomic E-state index is 12.1. The summed E-state index contributed by atoms with van der Waals surface area (Å²) >= 11 is 8.51. The molecule has 1 amide bonds. The number of carbonyl (C=O) groups is 1. The fraction of sp³-hybridized carbons (Fsp3) is 0.176. The molecule has 0 saturated heterocycles. The highest BCUT2D eigenvalue weighted by Gasteiger charge is 2.10. The fourth-order valence-electron chi connectivity index (χ4n) is 1.83. The molecule has 4 nitrogen and oxygen atoms in total. The Morgan fingerprint density at radius 3 is 2.52 bits per heavy atom. The third-order valence-electron chi connectivity index (χ3n) is 2.93. The Morgan fingerprint density at radius 2 is 1.87 bits per heavy atom. The molecule has 0 atom stereocenters. The number of benzene rings is 2. The van der Waals surface area contributed by atoms with E-state index in [1.54, 1.807) is 18.2 Å². The van der Waals surface area contributed by atoms with Crippen LogP contribution in [0, 0.1) is 0 Å². The number of thiocarbonyl (C=S) groups is 1. The lowest BCUT2D eigenvalue weighted by Crippen LogP contribution is -2.34. The Balaban J connectivity index is 1.92. The third-order valence-corrected chi connectivity index (χ3v) is 3.83. The van der Waals surface area contributed by atoms with E-state index in [9.17, 15) is 4.79 Å². The number of carbonyl (C=O) groups excluding carboxylic acids is 1. The quantitative estimate of drug-likeness (QED) is 0.741. The van der Waals surface area contributed by atoms with E-state index in [0.29, 0.717) is 12.2 Å². The van der Waals surface area contributed by atoms with Gasteiger partial charge in [0.25, 0.3) is 5.91 Å². The molecule has 0 bridgehead atoms. The summed E-state index contributed by atoms with van der Waals surface area (Å²) in [7, 11) is 0. The van der Waals surface area contributed by atoms with Gasteiger partial charge in [0.15, 0.2) is 5.11 Å². The molecule has 0 spiro atoms. The van der Waals surface area contributed by atoms with Crippen molar-refractivity contribution in [1.29, 1.82) is 0 Å². The van der Waals surface area contributed by atoms with Crippen LogP contribution in [0.4, 0.5) is 5.69 Å². The number of nitrogens with one attached hydrogen (secondary N) is 2. The molecular formula is C17H17BrN2O2S. The van der Waals surface area contributed by atoms with Gasteiger partial charge in [0.1, 0.15) is 5.75 Å². The molecule has 0 radical (unpaired) electrons. The van der Waals surface area contributed by atoms with Crippen LogP contribution in [0.25, 0.3) is 0 Å². The smallest absolute Gasteiger partial charge is 0.258 e. The number of hydrogen-bond donors (Lipinski definition) is 2. The van der Waals surface area contributed by atoms with Crippen LogP contribution < -0.4 is 15.4 Å². The molecule has 0 aliphatic heterocycles. The highest BCUT2D eigenvalue weighted by Crippen LogP contribution is 2.17. The van der Waals surface area contributed by atoms with Gasteiger partial charge >= 0.3 is 0 Å². The summed E-state index contributed by atoms with van der Waals surface area (Å²) in [4.78, 5) is 12.1. The van der Waals surface area contributed by atoms with Crippen LogP contribution in [0.2, 0.25) is 0 Å². The van der Waals surface area contributed by atoms with Crippen LogP contribution in [-0.4, -0.2) is 17.6 Å². The molecule has 2 rings (SSSR count). The first kappa shape index (κ1) is 17.4. The normalized spacial score (nSPS) is 10.0. The van der Waals surface area contributed by atoms with E-state index >= 15 is 0 Å². The summed E-state index contributed by atoms with van der Waals surface area (Å²) in [6, 6.07) is 14.6. The Labute approximate surface area is 149 Å². The second-order valence-corrected chi connectivity index (χ2v) is 6.02. The third kappa shape index (κ3) is 5.33. The van der Waals surface area contributed by atoms with E-state index in [4.69, 9.17) is 17.0 Å². The van der Waals surface area contributed by atoms with Gasteiger partial charge in [-0.15, -0.1) is 0 Å². The van der Waals surface area contributed by atoms with Gasteiger partial charge in [-0.05, 0) is 71.0 Å². The van der Waals surface area contributed by atoms with Crippen molar-refractivity contribution in [1.82, 2.24) is 5.32 Å². The van der Waals surface area contributed by atoms with Gasteiger partial charge in [-0.25, -0.2) is 0 Å². The monoisotopic (exact) mass is 392 g/mol. The predicted octanol–water partition coefficient (Wildman–Crippen LogP) is 4.36. The fourth-order valence-corrected chi connectivity index (χ4v) is 2.51. The van der Waals surface area contributed by atoms with Crippen molar-refractivity contribution < 1.29 is 9.53 Å². The minimum Gasteiger partial charge on any atom is -0.494 e. The molecule has 0 fully saturated rings. The topological polar surface area (TPSA) is 50.4 Å².